The molecule has 1 rings (SSSR count). The van der Waals surface area contributed by atoms with E-state index in [1.165, 1.54) is 5.56 Å². The molecule has 0 spiro atoms. The molecule has 1 aromatic heterocycles. The summed E-state index contributed by atoms with van der Waals surface area (Å²) in [5.74, 6) is 0.603. The van der Waals surface area contributed by atoms with Crippen molar-refractivity contribution in [3.63, 3.8) is 0 Å². The Morgan fingerprint density at radius 3 is 2.75 bits per heavy atom. The van der Waals surface area contributed by atoms with Gasteiger partial charge in [0.1, 0.15) is 6.07 Å². The molecule has 2 heteroatoms. The molecule has 0 aromatic carbocycles. The van der Waals surface area contributed by atoms with Crippen molar-refractivity contribution >= 4 is 0 Å². The van der Waals surface area contributed by atoms with Gasteiger partial charge in [0, 0.05) is 11.9 Å². The van der Waals surface area contributed by atoms with Gasteiger partial charge < -0.3 is 4.98 Å². The van der Waals surface area contributed by atoms with Crippen LogP contribution in [0.3, 0.4) is 0 Å². The fourth-order valence-corrected chi connectivity index (χ4v) is 1.33. The van der Waals surface area contributed by atoms with Gasteiger partial charge in [-0.05, 0) is 24.8 Å². The Balaban J connectivity index is 2.96. The zero-order valence-corrected chi connectivity index (χ0v) is 7.81. The van der Waals surface area contributed by atoms with Crippen molar-refractivity contribution < 1.29 is 0 Å². The monoisotopic (exact) mass is 162 g/mol. The van der Waals surface area contributed by atoms with Crippen LogP contribution in [0.1, 0.15) is 30.7 Å². The number of aryl methyl sites for hydroxylation is 1. The molecule has 0 saturated carbocycles. The summed E-state index contributed by atoms with van der Waals surface area (Å²) in [7, 11) is 0. The Morgan fingerprint density at radius 1 is 1.58 bits per heavy atom. The van der Waals surface area contributed by atoms with Crippen LogP contribution in [0.4, 0.5) is 0 Å². The molecule has 64 valence electrons. The highest BCUT2D eigenvalue weighted by atomic mass is 14.7. The van der Waals surface area contributed by atoms with Crippen molar-refractivity contribution in [1.82, 2.24) is 4.98 Å². The molecule has 0 radical (unpaired) electrons. The predicted octanol–water partition coefficient (Wildman–Crippen LogP) is 2.39. The number of aromatic nitrogens is 1. The normalized spacial score (nSPS) is 10.2. The summed E-state index contributed by atoms with van der Waals surface area (Å²) in [6.07, 6.45) is 2.77. The molecule has 1 heterocycles. The van der Waals surface area contributed by atoms with Crippen LogP contribution >= 0.6 is 0 Å². The summed E-state index contributed by atoms with van der Waals surface area (Å²) >= 11 is 0. The number of hydrogen-bond donors (Lipinski definition) is 1. The Kier molecular flexibility index (Phi) is 2.54. The lowest BCUT2D eigenvalue weighted by Crippen LogP contribution is -1.96. The van der Waals surface area contributed by atoms with E-state index in [0.717, 1.165) is 17.7 Å². The van der Waals surface area contributed by atoms with Crippen LogP contribution < -0.4 is 0 Å². The second kappa shape index (κ2) is 3.44. The number of aromatic amines is 1. The lowest BCUT2D eigenvalue weighted by Gasteiger charge is -2.03. The molecule has 0 unspecified atom stereocenters. The van der Waals surface area contributed by atoms with Gasteiger partial charge >= 0.3 is 0 Å². The van der Waals surface area contributed by atoms with Crippen LogP contribution in [0, 0.1) is 24.2 Å². The molecule has 0 bridgehead atoms. The topological polar surface area (TPSA) is 39.6 Å². The first kappa shape index (κ1) is 8.86. The van der Waals surface area contributed by atoms with Gasteiger partial charge in [0.25, 0.3) is 0 Å². The zero-order valence-electron chi connectivity index (χ0n) is 7.81. The first-order chi connectivity index (χ1) is 5.65. The third kappa shape index (κ3) is 1.68. The molecule has 0 aliphatic heterocycles. The quantitative estimate of drug-likeness (QED) is 0.712. The van der Waals surface area contributed by atoms with E-state index < -0.39 is 0 Å². The van der Waals surface area contributed by atoms with Crippen LogP contribution in [0.5, 0.6) is 0 Å². The van der Waals surface area contributed by atoms with Gasteiger partial charge in [-0.2, -0.15) is 5.26 Å². The number of rotatable bonds is 2. The highest BCUT2D eigenvalue weighted by Gasteiger charge is 2.08. The van der Waals surface area contributed by atoms with Crippen molar-refractivity contribution in [3.8, 4) is 6.07 Å². The molecule has 0 aliphatic carbocycles. The fraction of sp³-hybridized carbons (Fsp3) is 0.500. The van der Waals surface area contributed by atoms with Crippen molar-refractivity contribution in [2.45, 2.75) is 27.2 Å². The van der Waals surface area contributed by atoms with Gasteiger partial charge in [0.05, 0.1) is 5.56 Å². The highest BCUT2D eigenvalue weighted by Crippen LogP contribution is 2.16. The maximum absolute atomic E-state index is 8.77. The molecular weight excluding hydrogens is 148 g/mol. The maximum atomic E-state index is 8.77. The summed E-state index contributed by atoms with van der Waals surface area (Å²) in [4.78, 5) is 3.07. The zero-order chi connectivity index (χ0) is 9.14. The molecule has 12 heavy (non-hydrogen) atoms. The third-order valence-electron chi connectivity index (χ3n) is 1.94. The van der Waals surface area contributed by atoms with Crippen LogP contribution in [-0.4, -0.2) is 4.98 Å². The van der Waals surface area contributed by atoms with Crippen LogP contribution in [0.25, 0.3) is 0 Å². The van der Waals surface area contributed by atoms with Crippen LogP contribution in [0.15, 0.2) is 6.20 Å². The molecular formula is C10H14N2. The fourth-order valence-electron chi connectivity index (χ4n) is 1.33. The standard InChI is InChI=1S/C10H14N2/c1-7(2)4-10-8(3)12-6-9(10)5-11/h6-7,12H,4H2,1-3H3. The molecule has 2 nitrogen and oxygen atoms in total. The van der Waals surface area contributed by atoms with E-state index in [0.29, 0.717) is 5.92 Å². The largest absolute Gasteiger partial charge is 0.364 e. The highest BCUT2D eigenvalue weighted by molar-refractivity contribution is 5.39. The average Bonchev–Trinajstić information content (AvgIpc) is 2.32. The second-order valence-corrected chi connectivity index (χ2v) is 3.52. The molecule has 1 aromatic rings. The smallest absolute Gasteiger partial charge is 0.101 e. The van der Waals surface area contributed by atoms with Gasteiger partial charge in [-0.3, -0.25) is 0 Å². The van der Waals surface area contributed by atoms with Gasteiger partial charge in [0.2, 0.25) is 0 Å². The van der Waals surface area contributed by atoms with Crippen LogP contribution in [-0.2, 0) is 6.42 Å². The Bertz CT molecular complexity index is 302. The van der Waals surface area contributed by atoms with E-state index in [-0.39, 0.29) is 0 Å². The van der Waals surface area contributed by atoms with Crippen molar-refractivity contribution in [2.24, 2.45) is 5.92 Å². The van der Waals surface area contributed by atoms with Crippen molar-refractivity contribution in [2.75, 3.05) is 0 Å². The van der Waals surface area contributed by atoms with Gasteiger partial charge in [-0.25, -0.2) is 0 Å². The number of H-pyrrole nitrogens is 1. The number of hydrogen-bond acceptors (Lipinski definition) is 1. The van der Waals surface area contributed by atoms with E-state index in [1.54, 1.807) is 6.20 Å². The number of nitriles is 1. The minimum absolute atomic E-state index is 0.603. The lowest BCUT2D eigenvalue weighted by atomic mass is 10.0. The second-order valence-electron chi connectivity index (χ2n) is 3.52. The molecule has 0 atom stereocenters. The molecule has 0 saturated heterocycles. The van der Waals surface area contributed by atoms with E-state index in [4.69, 9.17) is 5.26 Å². The van der Waals surface area contributed by atoms with E-state index in [1.807, 2.05) is 6.92 Å². The van der Waals surface area contributed by atoms with Gasteiger partial charge in [0.15, 0.2) is 0 Å². The Hall–Kier alpha value is -1.23. The summed E-state index contributed by atoms with van der Waals surface area (Å²) in [6, 6.07) is 2.19. The molecule has 0 fully saturated rings. The number of nitrogens with one attached hydrogen (secondary N) is 1. The van der Waals surface area contributed by atoms with Crippen LogP contribution in [0.2, 0.25) is 0 Å². The van der Waals surface area contributed by atoms with E-state index in [2.05, 4.69) is 24.9 Å². The summed E-state index contributed by atoms with van der Waals surface area (Å²) < 4.78 is 0. The number of nitrogens with zero attached hydrogens (tertiary/aromatic N) is 1. The summed E-state index contributed by atoms with van der Waals surface area (Å²) in [5.41, 5.74) is 3.09. The Labute approximate surface area is 73.2 Å². The van der Waals surface area contributed by atoms with Gasteiger partial charge in [-0.1, -0.05) is 13.8 Å². The molecule has 0 amide bonds. The molecule has 1 N–H and O–H groups in total. The average molecular weight is 162 g/mol. The van der Waals surface area contributed by atoms with Gasteiger partial charge in [-0.15, -0.1) is 0 Å². The predicted molar refractivity (Wildman–Crippen MR) is 48.8 cm³/mol. The first-order valence-electron chi connectivity index (χ1n) is 4.22. The van der Waals surface area contributed by atoms with E-state index in [9.17, 15) is 0 Å². The maximum Gasteiger partial charge on any atom is 0.101 e. The van der Waals surface area contributed by atoms with Crippen molar-refractivity contribution in [3.05, 3.63) is 23.0 Å². The first-order valence-corrected chi connectivity index (χ1v) is 4.22. The lowest BCUT2D eigenvalue weighted by molar-refractivity contribution is 0.644. The third-order valence-corrected chi connectivity index (χ3v) is 1.94. The SMILES string of the molecule is Cc1[nH]cc(C#N)c1CC(C)C. The molecule has 0 aliphatic rings. The minimum Gasteiger partial charge on any atom is -0.364 e. The summed E-state index contributed by atoms with van der Waals surface area (Å²) in [5, 5.41) is 8.77. The van der Waals surface area contributed by atoms with Crippen molar-refractivity contribution in [1.29, 1.82) is 5.26 Å². The van der Waals surface area contributed by atoms with E-state index >= 15 is 0 Å². The summed E-state index contributed by atoms with van der Waals surface area (Å²) in [6.45, 7) is 6.33. The Morgan fingerprint density at radius 2 is 2.25 bits per heavy atom. The minimum atomic E-state index is 0.603.